The van der Waals surface area contributed by atoms with Crippen molar-refractivity contribution >= 4 is 22.4 Å². The van der Waals surface area contributed by atoms with Crippen molar-refractivity contribution in [3.8, 4) is 0 Å². The van der Waals surface area contributed by atoms with E-state index in [4.69, 9.17) is 0 Å². The van der Waals surface area contributed by atoms with E-state index in [1.165, 1.54) is 11.3 Å². The summed E-state index contributed by atoms with van der Waals surface area (Å²) < 4.78 is 0. The van der Waals surface area contributed by atoms with Crippen LogP contribution < -0.4 is 5.32 Å². The molecule has 4 nitrogen and oxygen atoms in total. The standard InChI is InChI=1S/C10H14N2O2S/c1-10(8(13)14)4-2-3-7(10)12-9-11-5-6-15-9/h5-7H,2-4H2,1H3,(H,11,12)(H,13,14). The molecule has 0 bridgehead atoms. The van der Waals surface area contributed by atoms with E-state index in [1.54, 1.807) is 6.20 Å². The maximum Gasteiger partial charge on any atom is 0.311 e. The molecule has 0 aromatic carbocycles. The highest BCUT2D eigenvalue weighted by molar-refractivity contribution is 7.13. The van der Waals surface area contributed by atoms with Crippen molar-refractivity contribution in [2.75, 3.05) is 5.32 Å². The quantitative estimate of drug-likeness (QED) is 0.829. The van der Waals surface area contributed by atoms with E-state index in [1.807, 2.05) is 12.3 Å². The van der Waals surface area contributed by atoms with Gasteiger partial charge >= 0.3 is 5.97 Å². The van der Waals surface area contributed by atoms with Crippen molar-refractivity contribution in [1.82, 2.24) is 4.98 Å². The molecule has 0 radical (unpaired) electrons. The third kappa shape index (κ3) is 1.84. The Morgan fingerprint density at radius 1 is 1.80 bits per heavy atom. The van der Waals surface area contributed by atoms with Crippen molar-refractivity contribution in [3.63, 3.8) is 0 Å². The zero-order valence-corrected chi connectivity index (χ0v) is 9.38. The van der Waals surface area contributed by atoms with E-state index in [9.17, 15) is 9.90 Å². The summed E-state index contributed by atoms with van der Waals surface area (Å²) in [6, 6.07) is 0.00106. The molecule has 1 aliphatic rings. The summed E-state index contributed by atoms with van der Waals surface area (Å²) in [6.07, 6.45) is 4.33. The Hall–Kier alpha value is -1.10. The fourth-order valence-corrected chi connectivity index (χ4v) is 2.68. The van der Waals surface area contributed by atoms with Crippen LogP contribution in [0.1, 0.15) is 26.2 Å². The first-order valence-corrected chi connectivity index (χ1v) is 5.90. The molecular formula is C10H14N2O2S. The molecule has 0 aliphatic heterocycles. The van der Waals surface area contributed by atoms with Gasteiger partial charge in [-0.25, -0.2) is 4.98 Å². The maximum atomic E-state index is 11.2. The number of anilines is 1. The highest BCUT2D eigenvalue weighted by Gasteiger charge is 2.45. The van der Waals surface area contributed by atoms with E-state index in [0.717, 1.165) is 24.4 Å². The van der Waals surface area contributed by atoms with Crippen LogP contribution in [-0.2, 0) is 4.79 Å². The summed E-state index contributed by atoms with van der Waals surface area (Å²) in [7, 11) is 0. The van der Waals surface area contributed by atoms with Gasteiger partial charge < -0.3 is 10.4 Å². The first kappa shape index (κ1) is 10.4. The molecule has 0 spiro atoms. The molecule has 2 atom stereocenters. The molecule has 1 aromatic rings. The SMILES string of the molecule is CC1(C(=O)O)CCCC1Nc1nccs1. The van der Waals surface area contributed by atoms with Gasteiger partial charge in [-0.05, 0) is 19.8 Å². The third-order valence-corrected chi connectivity index (χ3v) is 3.88. The van der Waals surface area contributed by atoms with Crippen LogP contribution in [0.3, 0.4) is 0 Å². The molecular weight excluding hydrogens is 212 g/mol. The van der Waals surface area contributed by atoms with Crippen LogP contribution in [0, 0.1) is 5.41 Å². The zero-order valence-electron chi connectivity index (χ0n) is 8.56. The zero-order chi connectivity index (χ0) is 10.9. The number of aliphatic carboxylic acids is 1. The Labute approximate surface area is 92.3 Å². The van der Waals surface area contributed by atoms with Crippen LogP contribution in [0.15, 0.2) is 11.6 Å². The molecule has 1 aliphatic carbocycles. The van der Waals surface area contributed by atoms with Crippen LogP contribution in [0.2, 0.25) is 0 Å². The summed E-state index contributed by atoms with van der Waals surface area (Å²) in [5.74, 6) is -0.714. The minimum absolute atomic E-state index is 0.00106. The molecule has 1 saturated carbocycles. The van der Waals surface area contributed by atoms with Gasteiger partial charge in [0.15, 0.2) is 5.13 Å². The lowest BCUT2D eigenvalue weighted by atomic mass is 9.85. The lowest BCUT2D eigenvalue weighted by molar-refractivity contribution is -0.147. The first-order chi connectivity index (χ1) is 7.13. The van der Waals surface area contributed by atoms with Gasteiger partial charge in [0, 0.05) is 17.6 Å². The molecule has 1 fully saturated rings. The number of carboxylic acids is 1. The molecule has 1 heterocycles. The lowest BCUT2D eigenvalue weighted by Crippen LogP contribution is -2.40. The van der Waals surface area contributed by atoms with Gasteiger partial charge in [0.05, 0.1) is 5.41 Å². The second kappa shape index (κ2) is 3.81. The molecule has 5 heteroatoms. The number of hydrogen-bond acceptors (Lipinski definition) is 4. The fraction of sp³-hybridized carbons (Fsp3) is 0.600. The Kier molecular flexibility index (Phi) is 2.65. The van der Waals surface area contributed by atoms with Crippen molar-refractivity contribution in [2.45, 2.75) is 32.2 Å². The van der Waals surface area contributed by atoms with Gasteiger partial charge in [0.2, 0.25) is 0 Å². The van der Waals surface area contributed by atoms with E-state index in [0.29, 0.717) is 0 Å². The predicted molar refractivity (Wildman–Crippen MR) is 59.1 cm³/mol. The average Bonchev–Trinajstić information content (AvgIpc) is 2.78. The highest BCUT2D eigenvalue weighted by Crippen LogP contribution is 2.40. The van der Waals surface area contributed by atoms with Crippen LogP contribution in [0.25, 0.3) is 0 Å². The van der Waals surface area contributed by atoms with Gasteiger partial charge in [-0.15, -0.1) is 11.3 Å². The minimum Gasteiger partial charge on any atom is -0.481 e. The second-order valence-corrected chi connectivity index (χ2v) is 5.04. The number of aromatic nitrogens is 1. The summed E-state index contributed by atoms with van der Waals surface area (Å²) >= 11 is 1.51. The molecule has 82 valence electrons. The maximum absolute atomic E-state index is 11.2. The van der Waals surface area contributed by atoms with Crippen molar-refractivity contribution < 1.29 is 9.90 Å². The lowest BCUT2D eigenvalue weighted by Gasteiger charge is -2.27. The van der Waals surface area contributed by atoms with Crippen LogP contribution in [0.4, 0.5) is 5.13 Å². The Bertz CT molecular complexity index is 352. The highest BCUT2D eigenvalue weighted by atomic mass is 32.1. The van der Waals surface area contributed by atoms with E-state index in [-0.39, 0.29) is 6.04 Å². The Morgan fingerprint density at radius 3 is 3.20 bits per heavy atom. The summed E-state index contributed by atoms with van der Waals surface area (Å²) in [5.41, 5.74) is -0.647. The van der Waals surface area contributed by atoms with Crippen LogP contribution in [0.5, 0.6) is 0 Å². The van der Waals surface area contributed by atoms with Crippen molar-refractivity contribution in [3.05, 3.63) is 11.6 Å². The summed E-state index contributed by atoms with van der Waals surface area (Å²) in [5, 5.41) is 15.1. The first-order valence-electron chi connectivity index (χ1n) is 5.02. The van der Waals surface area contributed by atoms with Crippen molar-refractivity contribution in [1.29, 1.82) is 0 Å². The van der Waals surface area contributed by atoms with E-state index in [2.05, 4.69) is 10.3 Å². The van der Waals surface area contributed by atoms with E-state index < -0.39 is 11.4 Å². The predicted octanol–water partition coefficient (Wildman–Crippen LogP) is 2.20. The smallest absolute Gasteiger partial charge is 0.311 e. The van der Waals surface area contributed by atoms with Gasteiger partial charge in [-0.2, -0.15) is 0 Å². The fourth-order valence-electron chi connectivity index (χ4n) is 2.10. The largest absolute Gasteiger partial charge is 0.481 e. The molecule has 0 amide bonds. The summed E-state index contributed by atoms with van der Waals surface area (Å²) in [4.78, 5) is 15.3. The van der Waals surface area contributed by atoms with Crippen molar-refractivity contribution in [2.24, 2.45) is 5.41 Å². The third-order valence-electron chi connectivity index (χ3n) is 3.18. The van der Waals surface area contributed by atoms with Crippen LogP contribution >= 0.6 is 11.3 Å². The van der Waals surface area contributed by atoms with E-state index >= 15 is 0 Å². The monoisotopic (exact) mass is 226 g/mol. The number of thiazole rings is 1. The van der Waals surface area contributed by atoms with Gasteiger partial charge in [-0.3, -0.25) is 4.79 Å². The Morgan fingerprint density at radius 2 is 2.60 bits per heavy atom. The minimum atomic E-state index is -0.714. The van der Waals surface area contributed by atoms with Gasteiger partial charge in [0.25, 0.3) is 0 Å². The topological polar surface area (TPSA) is 62.2 Å². The average molecular weight is 226 g/mol. The number of carbonyl (C=O) groups is 1. The molecule has 0 saturated heterocycles. The normalized spacial score (nSPS) is 30.3. The number of nitrogens with one attached hydrogen (secondary N) is 1. The number of rotatable bonds is 3. The Balaban J connectivity index is 2.12. The van der Waals surface area contributed by atoms with Gasteiger partial charge in [-0.1, -0.05) is 6.42 Å². The van der Waals surface area contributed by atoms with Gasteiger partial charge in [0.1, 0.15) is 0 Å². The molecule has 2 unspecified atom stereocenters. The van der Waals surface area contributed by atoms with Crippen LogP contribution in [-0.4, -0.2) is 22.1 Å². The summed E-state index contributed by atoms with van der Waals surface area (Å²) in [6.45, 7) is 1.81. The molecule has 1 aromatic heterocycles. The second-order valence-electron chi connectivity index (χ2n) is 4.15. The molecule has 2 rings (SSSR count). The number of carboxylic acid groups (broad SMARTS) is 1. The number of hydrogen-bond donors (Lipinski definition) is 2. The number of nitrogens with zero attached hydrogens (tertiary/aromatic N) is 1. The molecule has 15 heavy (non-hydrogen) atoms. The molecule has 2 N–H and O–H groups in total.